The standard InChI is InChI=1S/CH4N4O2S/c2-1(4-3)5-8(6)7/h3H2,(H2,2,4). The van der Waals surface area contributed by atoms with Crippen molar-refractivity contribution in [3.63, 3.8) is 0 Å². The Labute approximate surface area is 46.9 Å². The second kappa shape index (κ2) is 3.10. The summed E-state index contributed by atoms with van der Waals surface area (Å²) in [7, 11) is -2.59. The summed E-state index contributed by atoms with van der Waals surface area (Å²) in [5.74, 6) is 3.99. The predicted molar refractivity (Wildman–Crippen MR) is 26.4 cm³/mol. The minimum atomic E-state index is -2.59. The Kier molecular flexibility index (Phi) is 2.74. The molecule has 8 heavy (non-hydrogen) atoms. The molecule has 0 bridgehead atoms. The maximum atomic E-state index is 9.57. The molecule has 0 heterocycles. The smallest absolute Gasteiger partial charge is 0.292 e. The maximum absolute atomic E-state index is 9.57. The lowest BCUT2D eigenvalue weighted by Gasteiger charge is -1.85. The molecule has 7 heteroatoms. The van der Waals surface area contributed by atoms with Gasteiger partial charge >= 0.3 is 10.5 Å². The molecule has 0 spiro atoms. The summed E-state index contributed by atoms with van der Waals surface area (Å²) < 4.78 is 21.8. The zero-order valence-electron chi connectivity index (χ0n) is 3.75. The van der Waals surface area contributed by atoms with Crippen LogP contribution in [0, 0.1) is 5.41 Å². The highest BCUT2D eigenvalue weighted by molar-refractivity contribution is 7.62. The predicted octanol–water partition coefficient (Wildman–Crippen LogP) is -1.55. The van der Waals surface area contributed by atoms with Gasteiger partial charge in [-0.1, -0.05) is 4.36 Å². The first kappa shape index (κ1) is 7.05. The Morgan fingerprint density at radius 3 is 2.38 bits per heavy atom. The van der Waals surface area contributed by atoms with E-state index in [9.17, 15) is 8.42 Å². The van der Waals surface area contributed by atoms with Gasteiger partial charge in [0.25, 0.3) is 0 Å². The van der Waals surface area contributed by atoms with Gasteiger partial charge in [-0.2, -0.15) is 8.42 Å². The van der Waals surface area contributed by atoms with E-state index in [-0.39, 0.29) is 0 Å². The van der Waals surface area contributed by atoms with Gasteiger partial charge in [-0.3, -0.25) is 10.8 Å². The summed E-state index contributed by atoms with van der Waals surface area (Å²) in [6, 6.07) is 0. The molecule has 0 aromatic carbocycles. The van der Waals surface area contributed by atoms with E-state index in [1.54, 1.807) is 5.43 Å². The molecule has 0 amide bonds. The van der Waals surface area contributed by atoms with Crippen LogP contribution >= 0.6 is 0 Å². The van der Waals surface area contributed by atoms with Crippen molar-refractivity contribution >= 4 is 16.5 Å². The van der Waals surface area contributed by atoms with Crippen molar-refractivity contribution in [2.45, 2.75) is 0 Å². The lowest BCUT2D eigenvalue weighted by Crippen LogP contribution is -2.27. The fraction of sp³-hybridized carbons (Fsp3) is 0. The van der Waals surface area contributed by atoms with Gasteiger partial charge in [0, 0.05) is 0 Å². The van der Waals surface area contributed by atoms with E-state index in [4.69, 9.17) is 5.41 Å². The zero-order chi connectivity index (χ0) is 6.57. The topological polar surface area (TPSA) is 108 Å². The molecule has 0 aliphatic carbocycles. The maximum Gasteiger partial charge on any atom is 0.319 e. The van der Waals surface area contributed by atoms with Crippen LogP contribution in [0.2, 0.25) is 0 Å². The van der Waals surface area contributed by atoms with E-state index in [2.05, 4.69) is 10.2 Å². The van der Waals surface area contributed by atoms with Gasteiger partial charge in [-0.05, 0) is 0 Å². The van der Waals surface area contributed by atoms with E-state index >= 15 is 0 Å². The molecule has 0 saturated heterocycles. The van der Waals surface area contributed by atoms with Crippen LogP contribution < -0.4 is 11.3 Å². The second-order valence-corrected chi connectivity index (χ2v) is 1.42. The number of hydrogen-bond donors (Lipinski definition) is 3. The molecule has 0 aromatic rings. The first-order valence-corrected chi connectivity index (χ1v) is 2.56. The Hall–Kier alpha value is -0.950. The first-order valence-electron chi connectivity index (χ1n) is 1.53. The molecule has 0 unspecified atom stereocenters. The number of hydrazine groups is 1. The zero-order valence-corrected chi connectivity index (χ0v) is 4.57. The molecule has 0 rings (SSSR count). The molecule has 46 valence electrons. The fourth-order valence-corrected chi connectivity index (χ4v) is 0.303. The molecule has 0 radical (unpaired) electrons. The fourth-order valence-electron chi connectivity index (χ4n) is 0.101. The van der Waals surface area contributed by atoms with Gasteiger partial charge in [-0.25, -0.2) is 5.84 Å². The number of rotatable bonds is 0. The van der Waals surface area contributed by atoms with Crippen molar-refractivity contribution in [1.82, 2.24) is 5.43 Å². The minimum Gasteiger partial charge on any atom is -0.292 e. The normalized spacial score (nSPS) is 7.62. The van der Waals surface area contributed by atoms with Gasteiger partial charge in [0.15, 0.2) is 0 Å². The highest BCUT2D eigenvalue weighted by Crippen LogP contribution is 1.61. The summed E-state index contributed by atoms with van der Waals surface area (Å²) in [4.78, 5) is 0. The van der Waals surface area contributed by atoms with Gasteiger partial charge < -0.3 is 0 Å². The van der Waals surface area contributed by atoms with E-state index < -0.39 is 16.5 Å². The molecule has 0 aliphatic rings. The molecule has 0 atom stereocenters. The lowest BCUT2D eigenvalue weighted by atomic mass is 11.1. The third kappa shape index (κ3) is 3.25. The molecule has 4 N–H and O–H groups in total. The Morgan fingerprint density at radius 2 is 2.25 bits per heavy atom. The van der Waals surface area contributed by atoms with Gasteiger partial charge in [0.2, 0.25) is 5.96 Å². The van der Waals surface area contributed by atoms with Crippen molar-refractivity contribution in [2.75, 3.05) is 0 Å². The highest BCUT2D eigenvalue weighted by atomic mass is 32.2. The van der Waals surface area contributed by atoms with Gasteiger partial charge in [-0.15, -0.1) is 0 Å². The molecular weight excluding hydrogens is 132 g/mol. The SMILES string of the molecule is N=C(N=S(=O)=O)NN. The van der Waals surface area contributed by atoms with E-state index in [1.807, 2.05) is 0 Å². The summed E-state index contributed by atoms with van der Waals surface area (Å²) in [5.41, 5.74) is 1.72. The lowest BCUT2D eigenvalue weighted by molar-refractivity contribution is 0.622. The number of nitrogens with two attached hydrogens (primary N) is 1. The molecular formula is CH4N4O2S. The largest absolute Gasteiger partial charge is 0.319 e. The molecule has 0 aliphatic heterocycles. The minimum absolute atomic E-state index is 0.585. The number of guanidine groups is 1. The molecule has 6 nitrogen and oxygen atoms in total. The van der Waals surface area contributed by atoms with Crippen molar-refractivity contribution in [1.29, 1.82) is 5.41 Å². The summed E-state index contributed by atoms with van der Waals surface area (Å²) in [6.45, 7) is 0. The Balaban J connectivity index is 4.12. The van der Waals surface area contributed by atoms with Crippen molar-refractivity contribution in [3.05, 3.63) is 0 Å². The van der Waals surface area contributed by atoms with Crippen molar-refractivity contribution < 1.29 is 8.42 Å². The van der Waals surface area contributed by atoms with E-state index in [0.717, 1.165) is 0 Å². The van der Waals surface area contributed by atoms with Crippen LogP contribution in [0.3, 0.4) is 0 Å². The number of hydrogen-bond acceptors (Lipinski definition) is 4. The first-order chi connectivity index (χ1) is 3.66. The Bertz CT molecular complexity index is 194. The van der Waals surface area contributed by atoms with E-state index in [0.29, 0.717) is 0 Å². The monoisotopic (exact) mass is 136 g/mol. The Morgan fingerprint density at radius 1 is 1.75 bits per heavy atom. The highest BCUT2D eigenvalue weighted by Gasteiger charge is 1.82. The third-order valence-corrected chi connectivity index (χ3v) is 0.634. The molecule has 0 saturated carbocycles. The van der Waals surface area contributed by atoms with Gasteiger partial charge in [0.1, 0.15) is 0 Å². The summed E-state index contributed by atoms with van der Waals surface area (Å²) in [5, 5.41) is 6.47. The second-order valence-electron chi connectivity index (χ2n) is 0.801. The van der Waals surface area contributed by atoms with E-state index in [1.165, 1.54) is 0 Å². The third-order valence-electron chi connectivity index (χ3n) is 0.303. The van der Waals surface area contributed by atoms with Crippen LogP contribution in [0.25, 0.3) is 0 Å². The van der Waals surface area contributed by atoms with Crippen LogP contribution in [-0.4, -0.2) is 14.4 Å². The van der Waals surface area contributed by atoms with Crippen LogP contribution in [0.4, 0.5) is 0 Å². The number of nitrogens with zero attached hydrogens (tertiary/aromatic N) is 1. The van der Waals surface area contributed by atoms with Crippen LogP contribution in [-0.2, 0) is 10.5 Å². The molecule has 0 aromatic heterocycles. The number of nitrogens with one attached hydrogen (secondary N) is 2. The quantitative estimate of drug-likeness (QED) is 0.162. The van der Waals surface area contributed by atoms with Crippen molar-refractivity contribution in [3.8, 4) is 0 Å². The summed E-state index contributed by atoms with van der Waals surface area (Å²) in [6.07, 6.45) is 0. The van der Waals surface area contributed by atoms with Crippen molar-refractivity contribution in [2.24, 2.45) is 10.2 Å². The average Bonchev–Trinajstić information content (AvgIpc) is 1.65. The van der Waals surface area contributed by atoms with Crippen LogP contribution in [0.5, 0.6) is 0 Å². The summed E-state index contributed by atoms with van der Waals surface area (Å²) >= 11 is 0. The van der Waals surface area contributed by atoms with Crippen LogP contribution in [0.1, 0.15) is 0 Å². The molecule has 0 fully saturated rings. The van der Waals surface area contributed by atoms with Gasteiger partial charge in [0.05, 0.1) is 0 Å². The van der Waals surface area contributed by atoms with Crippen LogP contribution in [0.15, 0.2) is 4.36 Å². The average molecular weight is 136 g/mol.